The predicted octanol–water partition coefficient (Wildman–Crippen LogP) is 3.83. The Morgan fingerprint density at radius 1 is 1.54 bits per heavy atom. The Morgan fingerprint density at radius 3 is 2.77 bits per heavy atom. The molecule has 0 saturated heterocycles. The molecule has 0 aliphatic heterocycles. The SMILES string of the molecule is C=C(C)c1nc(C2CCCC2)cs1. The molecule has 2 rings (SSSR count). The maximum absolute atomic E-state index is 4.61. The van der Waals surface area contributed by atoms with Crippen LogP contribution in [0.2, 0.25) is 0 Å². The molecular weight excluding hydrogens is 178 g/mol. The molecule has 1 heterocycles. The van der Waals surface area contributed by atoms with Crippen molar-refractivity contribution in [2.45, 2.75) is 38.5 Å². The highest BCUT2D eigenvalue weighted by Gasteiger charge is 2.19. The number of rotatable bonds is 2. The van der Waals surface area contributed by atoms with Gasteiger partial charge in [-0.15, -0.1) is 11.3 Å². The first kappa shape index (κ1) is 8.95. The molecule has 1 aromatic heterocycles. The molecule has 1 saturated carbocycles. The van der Waals surface area contributed by atoms with Crippen molar-refractivity contribution in [2.75, 3.05) is 0 Å². The Labute approximate surface area is 83.5 Å². The van der Waals surface area contributed by atoms with Gasteiger partial charge in [-0.25, -0.2) is 4.98 Å². The average molecular weight is 193 g/mol. The second-order valence-electron chi connectivity index (χ2n) is 3.84. The summed E-state index contributed by atoms with van der Waals surface area (Å²) in [6, 6.07) is 0. The van der Waals surface area contributed by atoms with Crippen LogP contribution in [0.5, 0.6) is 0 Å². The standard InChI is InChI=1S/C11H15NS/c1-8(2)11-12-10(7-13-11)9-5-3-4-6-9/h7,9H,1,3-6H2,2H3. The minimum absolute atomic E-state index is 0.740. The summed E-state index contributed by atoms with van der Waals surface area (Å²) in [4.78, 5) is 4.61. The second kappa shape index (κ2) is 3.62. The minimum atomic E-state index is 0.740. The first-order valence-electron chi connectivity index (χ1n) is 4.88. The van der Waals surface area contributed by atoms with Crippen LogP contribution < -0.4 is 0 Å². The van der Waals surface area contributed by atoms with Gasteiger partial charge in [-0.05, 0) is 25.3 Å². The zero-order valence-corrected chi connectivity index (χ0v) is 8.86. The maximum Gasteiger partial charge on any atom is 0.118 e. The van der Waals surface area contributed by atoms with E-state index in [9.17, 15) is 0 Å². The van der Waals surface area contributed by atoms with Crippen molar-refractivity contribution in [3.8, 4) is 0 Å². The zero-order valence-electron chi connectivity index (χ0n) is 8.05. The van der Waals surface area contributed by atoms with Crippen LogP contribution in [0.1, 0.15) is 49.2 Å². The van der Waals surface area contributed by atoms with Crippen molar-refractivity contribution >= 4 is 16.9 Å². The van der Waals surface area contributed by atoms with Crippen LogP contribution in [0.3, 0.4) is 0 Å². The van der Waals surface area contributed by atoms with Crippen molar-refractivity contribution in [1.82, 2.24) is 4.98 Å². The molecule has 1 nitrogen and oxygen atoms in total. The molecule has 0 radical (unpaired) electrons. The van der Waals surface area contributed by atoms with E-state index in [1.54, 1.807) is 11.3 Å². The lowest BCUT2D eigenvalue weighted by Gasteiger charge is -2.02. The molecule has 1 aliphatic carbocycles. The first-order chi connectivity index (χ1) is 6.27. The van der Waals surface area contributed by atoms with Crippen molar-refractivity contribution in [3.05, 3.63) is 22.7 Å². The van der Waals surface area contributed by atoms with Gasteiger partial charge in [-0.3, -0.25) is 0 Å². The molecule has 0 amide bonds. The van der Waals surface area contributed by atoms with Crippen LogP contribution >= 0.6 is 11.3 Å². The van der Waals surface area contributed by atoms with Gasteiger partial charge >= 0.3 is 0 Å². The molecule has 0 aromatic carbocycles. The smallest absolute Gasteiger partial charge is 0.118 e. The van der Waals surface area contributed by atoms with E-state index in [0.717, 1.165) is 16.5 Å². The summed E-state index contributed by atoms with van der Waals surface area (Å²) in [5.41, 5.74) is 2.40. The average Bonchev–Trinajstić information content (AvgIpc) is 2.75. The normalized spacial score (nSPS) is 17.9. The van der Waals surface area contributed by atoms with Crippen LogP contribution in [0.15, 0.2) is 12.0 Å². The Morgan fingerprint density at radius 2 is 2.23 bits per heavy atom. The van der Waals surface area contributed by atoms with E-state index in [0.29, 0.717) is 0 Å². The summed E-state index contributed by atoms with van der Waals surface area (Å²) in [5, 5.41) is 3.32. The van der Waals surface area contributed by atoms with Crippen LogP contribution in [0, 0.1) is 0 Å². The summed E-state index contributed by atoms with van der Waals surface area (Å²) in [6.45, 7) is 5.94. The zero-order chi connectivity index (χ0) is 9.26. The highest BCUT2D eigenvalue weighted by Crippen LogP contribution is 2.35. The molecule has 1 aromatic rings. The van der Waals surface area contributed by atoms with Gasteiger partial charge in [-0.1, -0.05) is 19.4 Å². The molecular formula is C11H15NS. The Balaban J connectivity index is 2.16. The number of nitrogens with zero attached hydrogens (tertiary/aromatic N) is 1. The minimum Gasteiger partial charge on any atom is -0.241 e. The summed E-state index contributed by atoms with van der Waals surface area (Å²) in [6.07, 6.45) is 5.42. The molecule has 1 fully saturated rings. The van der Waals surface area contributed by atoms with Crippen LogP contribution in [0.25, 0.3) is 5.57 Å². The van der Waals surface area contributed by atoms with E-state index in [4.69, 9.17) is 0 Å². The van der Waals surface area contributed by atoms with Gasteiger partial charge in [0.15, 0.2) is 0 Å². The Bertz CT molecular complexity index is 308. The fourth-order valence-electron chi connectivity index (χ4n) is 1.89. The van der Waals surface area contributed by atoms with E-state index in [2.05, 4.69) is 16.9 Å². The van der Waals surface area contributed by atoms with E-state index in [-0.39, 0.29) is 0 Å². The van der Waals surface area contributed by atoms with E-state index in [1.807, 2.05) is 6.92 Å². The number of hydrogen-bond donors (Lipinski definition) is 0. The van der Waals surface area contributed by atoms with Crippen molar-refractivity contribution in [3.63, 3.8) is 0 Å². The van der Waals surface area contributed by atoms with E-state index >= 15 is 0 Å². The summed E-state index contributed by atoms with van der Waals surface area (Å²) < 4.78 is 0. The fraction of sp³-hybridized carbons (Fsp3) is 0.545. The van der Waals surface area contributed by atoms with Crippen molar-refractivity contribution in [2.24, 2.45) is 0 Å². The van der Waals surface area contributed by atoms with Gasteiger partial charge in [0.1, 0.15) is 5.01 Å². The molecule has 0 spiro atoms. The van der Waals surface area contributed by atoms with Gasteiger partial charge in [0, 0.05) is 11.3 Å². The molecule has 0 bridgehead atoms. The fourth-order valence-corrected chi connectivity index (χ4v) is 2.73. The third-order valence-electron chi connectivity index (χ3n) is 2.66. The van der Waals surface area contributed by atoms with Gasteiger partial charge in [-0.2, -0.15) is 0 Å². The number of aromatic nitrogens is 1. The van der Waals surface area contributed by atoms with Crippen LogP contribution in [0.4, 0.5) is 0 Å². The monoisotopic (exact) mass is 193 g/mol. The molecule has 13 heavy (non-hydrogen) atoms. The summed E-state index contributed by atoms with van der Waals surface area (Å²) in [7, 11) is 0. The summed E-state index contributed by atoms with van der Waals surface area (Å²) >= 11 is 1.73. The van der Waals surface area contributed by atoms with Crippen molar-refractivity contribution in [1.29, 1.82) is 0 Å². The van der Waals surface area contributed by atoms with Crippen LogP contribution in [-0.2, 0) is 0 Å². The topological polar surface area (TPSA) is 12.9 Å². The lowest BCUT2D eigenvalue weighted by Crippen LogP contribution is -1.92. The maximum atomic E-state index is 4.61. The predicted molar refractivity (Wildman–Crippen MR) is 58.0 cm³/mol. The third-order valence-corrected chi connectivity index (χ3v) is 3.68. The van der Waals surface area contributed by atoms with Gasteiger partial charge in [0.2, 0.25) is 0 Å². The lowest BCUT2D eigenvalue weighted by molar-refractivity contribution is 0.702. The highest BCUT2D eigenvalue weighted by molar-refractivity contribution is 7.10. The molecule has 70 valence electrons. The molecule has 0 atom stereocenters. The largest absolute Gasteiger partial charge is 0.241 e. The van der Waals surface area contributed by atoms with Gasteiger partial charge in [0.25, 0.3) is 0 Å². The molecule has 2 heteroatoms. The Kier molecular flexibility index (Phi) is 2.49. The second-order valence-corrected chi connectivity index (χ2v) is 4.70. The Hall–Kier alpha value is -0.630. The lowest BCUT2D eigenvalue weighted by atomic mass is 10.1. The number of allylic oxidation sites excluding steroid dienone is 1. The summed E-state index contributed by atoms with van der Waals surface area (Å²) in [5.74, 6) is 0.740. The van der Waals surface area contributed by atoms with Gasteiger partial charge in [0.05, 0.1) is 5.69 Å². The quantitative estimate of drug-likeness (QED) is 0.695. The third kappa shape index (κ3) is 1.83. The number of hydrogen-bond acceptors (Lipinski definition) is 2. The molecule has 1 aliphatic rings. The van der Waals surface area contributed by atoms with Crippen molar-refractivity contribution < 1.29 is 0 Å². The first-order valence-corrected chi connectivity index (χ1v) is 5.76. The van der Waals surface area contributed by atoms with Crippen LogP contribution in [-0.4, -0.2) is 4.98 Å². The molecule has 0 N–H and O–H groups in total. The van der Waals surface area contributed by atoms with E-state index in [1.165, 1.54) is 31.4 Å². The van der Waals surface area contributed by atoms with Gasteiger partial charge < -0.3 is 0 Å². The number of thiazole rings is 1. The highest BCUT2D eigenvalue weighted by atomic mass is 32.1. The molecule has 0 unspecified atom stereocenters. The van der Waals surface area contributed by atoms with E-state index < -0.39 is 0 Å².